The van der Waals surface area contributed by atoms with E-state index < -0.39 is 5.54 Å². The topological polar surface area (TPSA) is 59.0 Å². The summed E-state index contributed by atoms with van der Waals surface area (Å²) in [5.74, 6) is 0.887. The summed E-state index contributed by atoms with van der Waals surface area (Å²) in [6.07, 6.45) is 1.90. The normalized spacial score (nSPS) is 17.6. The van der Waals surface area contributed by atoms with E-state index in [9.17, 15) is 4.79 Å². The summed E-state index contributed by atoms with van der Waals surface area (Å²) >= 11 is 0. The molecule has 0 aromatic carbocycles. The highest BCUT2D eigenvalue weighted by molar-refractivity contribution is 6.05. The number of aromatic nitrogens is 2. The Morgan fingerprint density at radius 2 is 2.12 bits per heavy atom. The number of carbonyl (C=O) groups excluding carboxylic acids is 1. The quantitative estimate of drug-likeness (QED) is 0.797. The van der Waals surface area contributed by atoms with Crippen LogP contribution in [0.4, 0.5) is 11.5 Å². The Kier molecular flexibility index (Phi) is 2.40. The molecule has 0 unspecified atom stereocenters. The smallest absolute Gasteiger partial charge is 0.249 e. The number of nitrogens with zero attached hydrogens (tertiary/aromatic N) is 2. The third-order valence-electron chi connectivity index (χ3n) is 2.84. The molecule has 88 valence electrons. The molecular weight excluding hydrogens is 204 g/mol. The molecule has 1 aromatic rings. The molecule has 2 rings (SSSR count). The van der Waals surface area contributed by atoms with Crippen molar-refractivity contribution in [1.29, 1.82) is 0 Å². The Bertz CT molecular complexity index is 433. The van der Waals surface area contributed by atoms with Crippen molar-refractivity contribution < 1.29 is 4.79 Å². The zero-order chi connectivity index (χ0) is 11.9. The number of aryl methyl sites for hydroxylation is 2. The van der Waals surface area contributed by atoms with Gasteiger partial charge in [0.25, 0.3) is 0 Å². The average molecular weight is 222 g/mol. The van der Waals surface area contributed by atoms with Crippen molar-refractivity contribution in [2.45, 2.75) is 39.2 Å². The van der Waals surface area contributed by atoms with Crippen LogP contribution in [0.15, 0.2) is 0 Å². The Morgan fingerprint density at radius 3 is 2.75 bits per heavy atom. The van der Waals surface area contributed by atoms with Gasteiger partial charge in [-0.05, 0) is 20.3 Å². The SMILES string of the molecule is CCCc1nn(C)c2c1NC(=O)C(C)(C)N2. The summed E-state index contributed by atoms with van der Waals surface area (Å²) in [5.41, 5.74) is 1.22. The third-order valence-corrected chi connectivity index (χ3v) is 2.84. The number of fused-ring (bicyclic) bond motifs is 1. The molecule has 1 aliphatic heterocycles. The molecule has 1 amide bonds. The van der Waals surface area contributed by atoms with E-state index in [1.54, 1.807) is 4.68 Å². The summed E-state index contributed by atoms with van der Waals surface area (Å²) in [4.78, 5) is 11.8. The van der Waals surface area contributed by atoms with Crippen molar-refractivity contribution in [2.75, 3.05) is 10.6 Å². The molecule has 1 aromatic heterocycles. The van der Waals surface area contributed by atoms with Gasteiger partial charge in [-0.25, -0.2) is 0 Å². The molecule has 0 bridgehead atoms. The first-order valence-electron chi connectivity index (χ1n) is 5.61. The van der Waals surface area contributed by atoms with Crippen LogP contribution in [0.5, 0.6) is 0 Å². The van der Waals surface area contributed by atoms with E-state index in [0.717, 1.165) is 30.0 Å². The van der Waals surface area contributed by atoms with E-state index in [4.69, 9.17) is 0 Å². The second kappa shape index (κ2) is 3.50. The van der Waals surface area contributed by atoms with Gasteiger partial charge in [-0.1, -0.05) is 13.3 Å². The first-order valence-corrected chi connectivity index (χ1v) is 5.61. The lowest BCUT2D eigenvalue weighted by molar-refractivity contribution is -0.119. The van der Waals surface area contributed by atoms with E-state index in [1.165, 1.54) is 0 Å². The largest absolute Gasteiger partial charge is 0.355 e. The maximum absolute atomic E-state index is 11.8. The predicted molar refractivity (Wildman–Crippen MR) is 63.5 cm³/mol. The Hall–Kier alpha value is -1.52. The first kappa shape index (κ1) is 11.0. The fraction of sp³-hybridized carbons (Fsp3) is 0.636. The van der Waals surface area contributed by atoms with Gasteiger partial charge in [0.05, 0.1) is 5.69 Å². The molecule has 0 fully saturated rings. The highest BCUT2D eigenvalue weighted by atomic mass is 16.2. The highest BCUT2D eigenvalue weighted by Crippen LogP contribution is 2.33. The zero-order valence-electron chi connectivity index (χ0n) is 10.2. The standard InChI is InChI=1S/C11H18N4O/c1-5-6-7-8-9(15(4)14-7)13-11(2,3)10(16)12-8/h13H,5-6H2,1-4H3,(H,12,16). The molecule has 16 heavy (non-hydrogen) atoms. The van der Waals surface area contributed by atoms with Crippen LogP contribution in [0.3, 0.4) is 0 Å². The van der Waals surface area contributed by atoms with Crippen LogP contribution >= 0.6 is 0 Å². The van der Waals surface area contributed by atoms with Crippen molar-refractivity contribution in [3.8, 4) is 0 Å². The maximum atomic E-state index is 11.8. The molecular formula is C11H18N4O. The molecule has 2 heterocycles. The van der Waals surface area contributed by atoms with Gasteiger partial charge < -0.3 is 10.6 Å². The maximum Gasteiger partial charge on any atom is 0.249 e. The van der Waals surface area contributed by atoms with Crippen molar-refractivity contribution >= 4 is 17.4 Å². The van der Waals surface area contributed by atoms with E-state index in [2.05, 4.69) is 22.7 Å². The second-order valence-corrected chi connectivity index (χ2v) is 4.75. The molecule has 1 aliphatic rings. The molecule has 5 heteroatoms. The van der Waals surface area contributed by atoms with E-state index >= 15 is 0 Å². The van der Waals surface area contributed by atoms with E-state index in [1.807, 2.05) is 20.9 Å². The van der Waals surface area contributed by atoms with Gasteiger partial charge >= 0.3 is 0 Å². The van der Waals surface area contributed by atoms with Crippen molar-refractivity contribution in [1.82, 2.24) is 9.78 Å². The summed E-state index contributed by atoms with van der Waals surface area (Å²) in [7, 11) is 1.89. The minimum atomic E-state index is -0.579. The van der Waals surface area contributed by atoms with Crippen LogP contribution in [0.2, 0.25) is 0 Å². The van der Waals surface area contributed by atoms with Crippen molar-refractivity contribution in [3.05, 3.63) is 5.69 Å². The fourth-order valence-corrected chi connectivity index (χ4v) is 1.89. The lowest BCUT2D eigenvalue weighted by atomic mass is 10.0. The van der Waals surface area contributed by atoms with Gasteiger partial charge in [0.15, 0.2) is 0 Å². The van der Waals surface area contributed by atoms with E-state index in [0.29, 0.717) is 0 Å². The van der Waals surface area contributed by atoms with Gasteiger partial charge in [-0.15, -0.1) is 0 Å². The second-order valence-electron chi connectivity index (χ2n) is 4.75. The first-order chi connectivity index (χ1) is 7.45. The molecule has 5 nitrogen and oxygen atoms in total. The van der Waals surface area contributed by atoms with Crippen LogP contribution < -0.4 is 10.6 Å². The van der Waals surface area contributed by atoms with Crippen LogP contribution in [-0.2, 0) is 18.3 Å². The number of carbonyl (C=O) groups is 1. The van der Waals surface area contributed by atoms with Gasteiger partial charge in [0.1, 0.15) is 17.0 Å². The van der Waals surface area contributed by atoms with Gasteiger partial charge in [0.2, 0.25) is 5.91 Å². The predicted octanol–water partition coefficient (Wildman–Crippen LogP) is 1.52. The fourth-order valence-electron chi connectivity index (χ4n) is 1.89. The van der Waals surface area contributed by atoms with Crippen molar-refractivity contribution in [3.63, 3.8) is 0 Å². The summed E-state index contributed by atoms with van der Waals surface area (Å²) in [6, 6.07) is 0. The number of amides is 1. The number of hydrogen-bond acceptors (Lipinski definition) is 3. The van der Waals surface area contributed by atoms with Crippen LogP contribution in [-0.4, -0.2) is 21.2 Å². The third kappa shape index (κ3) is 1.56. The minimum absolute atomic E-state index is 0.00893. The van der Waals surface area contributed by atoms with Gasteiger partial charge in [0, 0.05) is 7.05 Å². The minimum Gasteiger partial charge on any atom is -0.355 e. The molecule has 2 N–H and O–H groups in total. The number of hydrogen-bond donors (Lipinski definition) is 2. The lowest BCUT2D eigenvalue weighted by Gasteiger charge is -2.31. The van der Waals surface area contributed by atoms with Gasteiger partial charge in [-0.2, -0.15) is 5.10 Å². The number of rotatable bonds is 2. The lowest BCUT2D eigenvalue weighted by Crippen LogP contribution is -2.48. The van der Waals surface area contributed by atoms with E-state index in [-0.39, 0.29) is 5.91 Å². The average Bonchev–Trinajstić information content (AvgIpc) is 2.46. The van der Waals surface area contributed by atoms with Crippen LogP contribution in [0.1, 0.15) is 32.9 Å². The monoisotopic (exact) mass is 222 g/mol. The van der Waals surface area contributed by atoms with Crippen LogP contribution in [0.25, 0.3) is 0 Å². The Morgan fingerprint density at radius 1 is 1.44 bits per heavy atom. The van der Waals surface area contributed by atoms with Crippen LogP contribution in [0, 0.1) is 0 Å². The zero-order valence-corrected chi connectivity index (χ0v) is 10.2. The molecule has 0 radical (unpaired) electrons. The Labute approximate surface area is 95.2 Å². The molecule has 0 saturated heterocycles. The number of nitrogens with one attached hydrogen (secondary N) is 2. The summed E-state index contributed by atoms with van der Waals surface area (Å²) < 4.78 is 1.79. The molecule has 0 spiro atoms. The summed E-state index contributed by atoms with van der Waals surface area (Å²) in [5, 5.41) is 10.6. The molecule has 0 atom stereocenters. The molecule has 0 saturated carbocycles. The van der Waals surface area contributed by atoms with Gasteiger partial charge in [-0.3, -0.25) is 9.48 Å². The number of anilines is 2. The Balaban J connectivity index is 2.44. The molecule has 0 aliphatic carbocycles. The van der Waals surface area contributed by atoms with Crippen molar-refractivity contribution in [2.24, 2.45) is 7.05 Å². The highest BCUT2D eigenvalue weighted by Gasteiger charge is 2.36. The summed E-state index contributed by atoms with van der Waals surface area (Å²) in [6.45, 7) is 5.82.